The molecule has 3 N–H and O–H groups in total. The molecule has 0 bridgehead atoms. The molecule has 152 valence electrons. The van der Waals surface area contributed by atoms with Crippen molar-refractivity contribution < 1.29 is 9.90 Å². The van der Waals surface area contributed by atoms with Gasteiger partial charge < -0.3 is 10.4 Å². The number of aromatic hydroxyl groups is 1. The molecular formula is C20H16BrN5O2S2. The van der Waals surface area contributed by atoms with Crippen LogP contribution >= 0.6 is 39.0 Å². The third-order valence-corrected chi connectivity index (χ3v) is 6.33. The van der Waals surface area contributed by atoms with E-state index in [1.807, 2.05) is 37.3 Å². The second-order valence-corrected chi connectivity index (χ2v) is 9.32. The summed E-state index contributed by atoms with van der Waals surface area (Å²) in [7, 11) is 0. The number of nitrogens with one attached hydrogen (secondary N) is 2. The molecule has 2 heterocycles. The number of aromatic nitrogens is 4. The number of thiazole rings is 1. The van der Waals surface area contributed by atoms with E-state index in [0.29, 0.717) is 21.7 Å². The largest absolute Gasteiger partial charge is 0.507 e. The van der Waals surface area contributed by atoms with Gasteiger partial charge in [0.15, 0.2) is 11.0 Å². The molecule has 0 aliphatic heterocycles. The van der Waals surface area contributed by atoms with Gasteiger partial charge in [-0.3, -0.25) is 9.89 Å². The minimum Gasteiger partial charge on any atom is -0.507 e. The summed E-state index contributed by atoms with van der Waals surface area (Å²) in [5.41, 5.74) is 2.42. The number of aryl methyl sites for hydroxylation is 1. The molecule has 1 amide bonds. The lowest BCUT2D eigenvalue weighted by Gasteiger charge is -2.01. The lowest BCUT2D eigenvalue weighted by molar-refractivity contribution is -0.113. The topological polar surface area (TPSA) is 104 Å². The van der Waals surface area contributed by atoms with Crippen molar-refractivity contribution in [2.45, 2.75) is 12.1 Å². The summed E-state index contributed by atoms with van der Waals surface area (Å²) < 4.78 is 0.814. The highest BCUT2D eigenvalue weighted by Crippen LogP contribution is 2.31. The van der Waals surface area contributed by atoms with Crippen LogP contribution < -0.4 is 5.32 Å². The number of carbonyl (C=O) groups is 1. The molecule has 0 spiro atoms. The molecule has 7 nitrogen and oxygen atoms in total. The number of amides is 1. The van der Waals surface area contributed by atoms with Crippen molar-refractivity contribution in [1.82, 2.24) is 20.2 Å². The minimum absolute atomic E-state index is 0.0944. The van der Waals surface area contributed by atoms with Crippen molar-refractivity contribution in [2.24, 2.45) is 0 Å². The first kappa shape index (κ1) is 20.6. The molecule has 10 heteroatoms. The number of nitrogens with zero attached hydrogens (tertiary/aromatic N) is 3. The Morgan fingerprint density at radius 1 is 1.23 bits per heavy atom. The van der Waals surface area contributed by atoms with Gasteiger partial charge in [-0.1, -0.05) is 58.0 Å². The van der Waals surface area contributed by atoms with Crippen molar-refractivity contribution >= 4 is 50.1 Å². The standard InChI is InChI=1S/C20H16BrN5O2S2/c1-11-17(12-5-3-2-4-6-12)23-19(30-11)22-16(28)10-29-20-24-18(25-26-20)14-9-13(21)7-8-15(14)27/h2-9,27H,10H2,1H3,(H,22,23,28)(H,24,25,26). The van der Waals surface area contributed by atoms with Gasteiger partial charge in [0.1, 0.15) is 5.75 Å². The van der Waals surface area contributed by atoms with Gasteiger partial charge in [-0.2, -0.15) is 0 Å². The molecule has 0 atom stereocenters. The lowest BCUT2D eigenvalue weighted by atomic mass is 10.1. The Balaban J connectivity index is 1.38. The van der Waals surface area contributed by atoms with Gasteiger partial charge in [-0.25, -0.2) is 9.97 Å². The Kier molecular flexibility index (Phi) is 6.16. The number of H-pyrrole nitrogens is 1. The number of hydrogen-bond acceptors (Lipinski definition) is 7. The first-order valence-electron chi connectivity index (χ1n) is 8.86. The third-order valence-electron chi connectivity index (χ3n) is 4.10. The van der Waals surface area contributed by atoms with Crippen LogP contribution in [-0.2, 0) is 4.79 Å². The zero-order chi connectivity index (χ0) is 21.1. The number of phenols is 1. The number of aromatic amines is 1. The highest BCUT2D eigenvalue weighted by molar-refractivity contribution is 9.10. The Labute approximate surface area is 189 Å². The number of anilines is 1. The number of benzene rings is 2. The van der Waals surface area contributed by atoms with E-state index in [-0.39, 0.29) is 17.4 Å². The van der Waals surface area contributed by atoms with E-state index in [1.165, 1.54) is 23.1 Å². The van der Waals surface area contributed by atoms with E-state index >= 15 is 0 Å². The second-order valence-electron chi connectivity index (χ2n) is 6.25. The molecule has 4 rings (SSSR count). The van der Waals surface area contributed by atoms with Crippen molar-refractivity contribution in [2.75, 3.05) is 11.1 Å². The Hall–Kier alpha value is -2.69. The van der Waals surface area contributed by atoms with Crippen LogP contribution in [0, 0.1) is 6.92 Å². The maximum atomic E-state index is 12.3. The zero-order valence-corrected chi connectivity index (χ0v) is 18.9. The number of thioether (sulfide) groups is 1. The molecule has 4 aromatic rings. The molecular weight excluding hydrogens is 486 g/mol. The number of rotatable bonds is 6. The average Bonchev–Trinajstić information content (AvgIpc) is 3.35. The van der Waals surface area contributed by atoms with E-state index < -0.39 is 0 Å². The van der Waals surface area contributed by atoms with Crippen LogP contribution in [0.2, 0.25) is 0 Å². The van der Waals surface area contributed by atoms with E-state index in [0.717, 1.165) is 20.6 Å². The molecule has 2 aromatic heterocycles. The van der Waals surface area contributed by atoms with Gasteiger partial charge >= 0.3 is 0 Å². The zero-order valence-electron chi connectivity index (χ0n) is 15.7. The van der Waals surface area contributed by atoms with Crippen LogP contribution in [0.3, 0.4) is 0 Å². The number of hydrogen-bond donors (Lipinski definition) is 3. The first-order chi connectivity index (χ1) is 14.5. The van der Waals surface area contributed by atoms with Crippen LogP contribution in [0.5, 0.6) is 5.75 Å². The number of phenolic OH excluding ortho intramolecular Hbond substituents is 1. The quantitative estimate of drug-likeness (QED) is 0.317. The fourth-order valence-electron chi connectivity index (χ4n) is 2.73. The SMILES string of the molecule is Cc1sc(NC(=O)CSc2n[nH]c(-c3cc(Br)ccc3O)n2)nc1-c1ccccc1. The van der Waals surface area contributed by atoms with Gasteiger partial charge in [0.25, 0.3) is 0 Å². The third kappa shape index (κ3) is 4.72. The summed E-state index contributed by atoms with van der Waals surface area (Å²) >= 11 is 6.01. The summed E-state index contributed by atoms with van der Waals surface area (Å²) in [6, 6.07) is 14.9. The molecule has 0 aliphatic rings. The van der Waals surface area contributed by atoms with E-state index in [9.17, 15) is 9.90 Å². The molecule has 2 aromatic carbocycles. The monoisotopic (exact) mass is 501 g/mol. The predicted octanol–water partition coefficient (Wildman–Crippen LogP) is 5.10. The molecule has 0 aliphatic carbocycles. The fraction of sp³-hybridized carbons (Fsp3) is 0.100. The van der Waals surface area contributed by atoms with Crippen molar-refractivity contribution in [3.05, 3.63) is 57.9 Å². The fourth-order valence-corrected chi connectivity index (χ4v) is 4.54. The van der Waals surface area contributed by atoms with E-state index in [4.69, 9.17) is 0 Å². The van der Waals surface area contributed by atoms with Gasteiger partial charge in [-0.15, -0.1) is 16.4 Å². The summed E-state index contributed by atoms with van der Waals surface area (Å²) in [6.07, 6.45) is 0. The van der Waals surface area contributed by atoms with Crippen LogP contribution in [0.1, 0.15) is 4.88 Å². The number of halogens is 1. The van der Waals surface area contributed by atoms with Gasteiger partial charge in [0.2, 0.25) is 11.1 Å². The van der Waals surface area contributed by atoms with Crippen LogP contribution in [-0.4, -0.2) is 36.9 Å². The van der Waals surface area contributed by atoms with Gasteiger partial charge in [0, 0.05) is 14.9 Å². The van der Waals surface area contributed by atoms with E-state index in [2.05, 4.69) is 41.4 Å². The molecule has 0 fully saturated rings. The smallest absolute Gasteiger partial charge is 0.236 e. The summed E-state index contributed by atoms with van der Waals surface area (Å²) in [6.45, 7) is 1.98. The summed E-state index contributed by atoms with van der Waals surface area (Å²) in [5, 5.41) is 20.7. The Morgan fingerprint density at radius 2 is 2.03 bits per heavy atom. The molecule has 0 unspecified atom stereocenters. The predicted molar refractivity (Wildman–Crippen MR) is 123 cm³/mol. The average molecular weight is 502 g/mol. The number of carbonyl (C=O) groups excluding carboxylic acids is 1. The maximum absolute atomic E-state index is 12.3. The van der Waals surface area contributed by atoms with Crippen LogP contribution in [0.4, 0.5) is 5.13 Å². The Morgan fingerprint density at radius 3 is 2.83 bits per heavy atom. The summed E-state index contributed by atoms with van der Waals surface area (Å²) in [4.78, 5) is 22.3. The van der Waals surface area contributed by atoms with Crippen molar-refractivity contribution in [1.29, 1.82) is 0 Å². The van der Waals surface area contributed by atoms with Crippen molar-refractivity contribution in [3.8, 4) is 28.4 Å². The summed E-state index contributed by atoms with van der Waals surface area (Å²) in [5.74, 6) is 0.475. The second kappa shape index (κ2) is 8.99. The molecule has 0 saturated heterocycles. The van der Waals surface area contributed by atoms with Gasteiger partial charge in [-0.05, 0) is 25.1 Å². The Bertz CT molecular complexity index is 1190. The highest BCUT2D eigenvalue weighted by atomic mass is 79.9. The first-order valence-corrected chi connectivity index (χ1v) is 11.5. The molecule has 30 heavy (non-hydrogen) atoms. The normalized spacial score (nSPS) is 10.9. The lowest BCUT2D eigenvalue weighted by Crippen LogP contribution is -2.13. The highest BCUT2D eigenvalue weighted by Gasteiger charge is 2.14. The maximum Gasteiger partial charge on any atom is 0.236 e. The van der Waals surface area contributed by atoms with Crippen molar-refractivity contribution in [3.63, 3.8) is 0 Å². The van der Waals surface area contributed by atoms with Crippen LogP contribution in [0.25, 0.3) is 22.6 Å². The minimum atomic E-state index is -0.190. The molecule has 0 radical (unpaired) electrons. The molecule has 0 saturated carbocycles. The van der Waals surface area contributed by atoms with Crippen LogP contribution in [0.15, 0.2) is 58.2 Å². The van der Waals surface area contributed by atoms with Gasteiger partial charge in [0.05, 0.1) is 17.0 Å². The van der Waals surface area contributed by atoms with E-state index in [1.54, 1.807) is 18.2 Å².